The number of rotatable bonds is 4. The minimum atomic E-state index is -0.337. The van der Waals surface area contributed by atoms with Gasteiger partial charge in [0.05, 0.1) is 24.1 Å². The molecule has 1 unspecified atom stereocenters. The van der Waals surface area contributed by atoms with Crippen molar-refractivity contribution in [1.29, 1.82) is 0 Å². The molecule has 0 spiro atoms. The second kappa shape index (κ2) is 6.70. The average molecular weight is 376 g/mol. The third-order valence-electron chi connectivity index (χ3n) is 2.95. The van der Waals surface area contributed by atoms with Crippen molar-refractivity contribution in [3.63, 3.8) is 0 Å². The van der Waals surface area contributed by atoms with Crippen LogP contribution in [0.3, 0.4) is 0 Å². The highest BCUT2D eigenvalue weighted by atomic mass is 79.9. The molecule has 0 aliphatic heterocycles. The minimum absolute atomic E-state index is 0.337. The summed E-state index contributed by atoms with van der Waals surface area (Å²) in [5, 5.41) is 0.243. The van der Waals surface area contributed by atoms with E-state index in [0.29, 0.717) is 10.8 Å². The second-order valence-corrected chi connectivity index (χ2v) is 5.84. The van der Waals surface area contributed by atoms with Gasteiger partial charge in [0, 0.05) is 5.02 Å². The van der Waals surface area contributed by atoms with Gasteiger partial charge in [-0.2, -0.15) is 0 Å². The molecule has 0 radical (unpaired) electrons. The van der Waals surface area contributed by atoms with Gasteiger partial charge in [-0.15, -0.1) is 11.6 Å². The molecule has 2 aromatic carbocycles. The van der Waals surface area contributed by atoms with Crippen LogP contribution in [-0.4, -0.2) is 14.2 Å². The predicted molar refractivity (Wildman–Crippen MR) is 86.4 cm³/mol. The monoisotopic (exact) mass is 374 g/mol. The summed E-state index contributed by atoms with van der Waals surface area (Å²) in [6.07, 6.45) is 0. The van der Waals surface area contributed by atoms with Gasteiger partial charge in [-0.05, 0) is 51.3 Å². The van der Waals surface area contributed by atoms with Crippen molar-refractivity contribution in [3.8, 4) is 11.5 Å². The second-order valence-electron chi connectivity index (χ2n) is 4.14. The standard InChI is InChI=1S/C15H13BrCl2O2/c1-19-10-4-5-11(13(17)8-10)15(18)9-3-6-14(20-2)12(16)7-9/h3-8,15H,1-2H3. The Morgan fingerprint density at radius 3 is 2.35 bits per heavy atom. The van der Waals surface area contributed by atoms with Gasteiger partial charge in [0.2, 0.25) is 0 Å². The van der Waals surface area contributed by atoms with Crippen LogP contribution in [0.2, 0.25) is 5.02 Å². The Labute approximate surface area is 136 Å². The molecule has 0 saturated carbocycles. The van der Waals surface area contributed by atoms with Crippen LogP contribution in [-0.2, 0) is 0 Å². The third kappa shape index (κ3) is 3.22. The van der Waals surface area contributed by atoms with Gasteiger partial charge in [-0.1, -0.05) is 23.7 Å². The van der Waals surface area contributed by atoms with Crippen molar-refractivity contribution < 1.29 is 9.47 Å². The molecule has 106 valence electrons. The van der Waals surface area contributed by atoms with Crippen molar-refractivity contribution in [1.82, 2.24) is 0 Å². The molecule has 20 heavy (non-hydrogen) atoms. The minimum Gasteiger partial charge on any atom is -0.497 e. The molecule has 2 aromatic rings. The summed E-state index contributed by atoms with van der Waals surface area (Å²) in [6.45, 7) is 0. The Morgan fingerprint density at radius 2 is 1.80 bits per heavy atom. The number of hydrogen-bond acceptors (Lipinski definition) is 2. The lowest BCUT2D eigenvalue weighted by Crippen LogP contribution is -1.96. The zero-order valence-corrected chi connectivity index (χ0v) is 14.1. The Balaban J connectivity index is 2.35. The molecular formula is C15H13BrCl2O2. The van der Waals surface area contributed by atoms with Gasteiger partial charge in [0.25, 0.3) is 0 Å². The largest absolute Gasteiger partial charge is 0.497 e. The Morgan fingerprint density at radius 1 is 1.05 bits per heavy atom. The molecule has 0 aliphatic carbocycles. The molecule has 2 rings (SSSR count). The molecule has 1 atom stereocenters. The molecule has 5 heteroatoms. The Bertz CT molecular complexity index is 617. The summed E-state index contributed by atoms with van der Waals surface area (Å²) in [4.78, 5) is 0. The summed E-state index contributed by atoms with van der Waals surface area (Å²) < 4.78 is 11.2. The van der Waals surface area contributed by atoms with E-state index in [0.717, 1.165) is 21.3 Å². The summed E-state index contributed by atoms with van der Waals surface area (Å²) in [7, 11) is 3.22. The van der Waals surface area contributed by atoms with Crippen molar-refractivity contribution in [2.45, 2.75) is 5.38 Å². The summed E-state index contributed by atoms with van der Waals surface area (Å²) in [5.41, 5.74) is 1.78. The molecule has 0 bridgehead atoms. The molecular weight excluding hydrogens is 363 g/mol. The van der Waals surface area contributed by atoms with Crippen LogP contribution in [0.4, 0.5) is 0 Å². The molecule has 0 amide bonds. The van der Waals surface area contributed by atoms with Crippen LogP contribution in [0.25, 0.3) is 0 Å². The van der Waals surface area contributed by atoms with E-state index in [1.165, 1.54) is 0 Å². The van der Waals surface area contributed by atoms with Crippen LogP contribution in [0.5, 0.6) is 11.5 Å². The quantitative estimate of drug-likeness (QED) is 0.661. The highest BCUT2D eigenvalue weighted by molar-refractivity contribution is 9.10. The van der Waals surface area contributed by atoms with E-state index in [2.05, 4.69) is 15.9 Å². The van der Waals surface area contributed by atoms with Crippen LogP contribution >= 0.6 is 39.1 Å². The number of halogens is 3. The van der Waals surface area contributed by atoms with Crippen molar-refractivity contribution in [2.24, 2.45) is 0 Å². The first-order valence-electron chi connectivity index (χ1n) is 5.87. The fourth-order valence-corrected chi connectivity index (χ4v) is 3.08. The number of hydrogen-bond donors (Lipinski definition) is 0. The molecule has 0 N–H and O–H groups in total. The van der Waals surface area contributed by atoms with E-state index in [-0.39, 0.29) is 5.38 Å². The van der Waals surface area contributed by atoms with Gasteiger partial charge in [-0.3, -0.25) is 0 Å². The highest BCUT2D eigenvalue weighted by Gasteiger charge is 2.16. The van der Waals surface area contributed by atoms with Gasteiger partial charge >= 0.3 is 0 Å². The van der Waals surface area contributed by atoms with E-state index in [4.69, 9.17) is 32.7 Å². The molecule has 0 aromatic heterocycles. The third-order valence-corrected chi connectivity index (χ3v) is 4.38. The number of ether oxygens (including phenoxy) is 2. The van der Waals surface area contributed by atoms with E-state index in [9.17, 15) is 0 Å². The van der Waals surface area contributed by atoms with Crippen molar-refractivity contribution >= 4 is 39.1 Å². The predicted octanol–water partition coefficient (Wildman–Crippen LogP) is 5.45. The van der Waals surface area contributed by atoms with E-state index in [1.54, 1.807) is 20.3 Å². The van der Waals surface area contributed by atoms with Crippen LogP contribution in [0.15, 0.2) is 40.9 Å². The molecule has 0 aliphatic rings. The van der Waals surface area contributed by atoms with Crippen LogP contribution < -0.4 is 9.47 Å². The van der Waals surface area contributed by atoms with Gasteiger partial charge in [-0.25, -0.2) is 0 Å². The van der Waals surface area contributed by atoms with E-state index < -0.39 is 0 Å². The smallest absolute Gasteiger partial charge is 0.133 e. The van der Waals surface area contributed by atoms with E-state index >= 15 is 0 Å². The fourth-order valence-electron chi connectivity index (χ4n) is 1.86. The summed E-state index contributed by atoms with van der Waals surface area (Å²) in [5.74, 6) is 1.47. The zero-order valence-electron chi connectivity index (χ0n) is 11.0. The lowest BCUT2D eigenvalue weighted by molar-refractivity contribution is 0.412. The SMILES string of the molecule is COc1ccc(C(Cl)c2ccc(OC)c(Br)c2)c(Cl)c1. The van der Waals surface area contributed by atoms with Crippen LogP contribution in [0.1, 0.15) is 16.5 Å². The van der Waals surface area contributed by atoms with Gasteiger partial charge in [0.1, 0.15) is 11.5 Å². The Hall–Kier alpha value is -0.900. The maximum Gasteiger partial charge on any atom is 0.133 e. The lowest BCUT2D eigenvalue weighted by Gasteiger charge is -2.14. The van der Waals surface area contributed by atoms with Gasteiger partial charge < -0.3 is 9.47 Å². The first-order valence-corrected chi connectivity index (χ1v) is 7.48. The number of alkyl halides is 1. The normalized spacial score (nSPS) is 12.1. The first kappa shape index (κ1) is 15.5. The maximum atomic E-state index is 6.51. The molecule has 2 nitrogen and oxygen atoms in total. The summed E-state index contributed by atoms with van der Waals surface area (Å²) >= 11 is 16.2. The first-order chi connectivity index (χ1) is 9.56. The van der Waals surface area contributed by atoms with Crippen molar-refractivity contribution in [3.05, 3.63) is 57.0 Å². The highest BCUT2D eigenvalue weighted by Crippen LogP contribution is 2.38. The van der Waals surface area contributed by atoms with Crippen molar-refractivity contribution in [2.75, 3.05) is 14.2 Å². The lowest BCUT2D eigenvalue weighted by atomic mass is 10.0. The maximum absolute atomic E-state index is 6.51. The molecule has 0 fully saturated rings. The Kier molecular flexibility index (Phi) is 5.19. The number of methoxy groups -OCH3 is 2. The van der Waals surface area contributed by atoms with E-state index in [1.807, 2.05) is 30.3 Å². The average Bonchev–Trinajstić information content (AvgIpc) is 2.46. The summed E-state index contributed by atoms with van der Waals surface area (Å²) in [6, 6.07) is 11.2. The molecule has 0 saturated heterocycles. The molecule has 0 heterocycles. The fraction of sp³-hybridized carbons (Fsp3) is 0.200. The topological polar surface area (TPSA) is 18.5 Å². The van der Waals surface area contributed by atoms with Crippen LogP contribution in [0, 0.1) is 0 Å². The number of benzene rings is 2. The zero-order chi connectivity index (χ0) is 14.7. The van der Waals surface area contributed by atoms with Gasteiger partial charge in [0.15, 0.2) is 0 Å².